The number of amides is 2. The van der Waals surface area contributed by atoms with E-state index in [0.29, 0.717) is 0 Å². The summed E-state index contributed by atoms with van der Waals surface area (Å²) in [5.74, 6) is 0.102. The van der Waals surface area contributed by atoms with Crippen molar-refractivity contribution in [3.63, 3.8) is 0 Å². The van der Waals surface area contributed by atoms with Gasteiger partial charge >= 0.3 is 0 Å². The van der Waals surface area contributed by atoms with Crippen LogP contribution in [0, 0.1) is 5.92 Å². The average Bonchev–Trinajstić information content (AvgIpc) is 2.62. The molecule has 0 aliphatic carbocycles. The smallest absolute Gasteiger partial charge is 0.244 e. The number of rotatable bonds is 2. The predicted octanol–water partition coefficient (Wildman–Crippen LogP) is -0.245. The van der Waals surface area contributed by atoms with Gasteiger partial charge in [0.05, 0.1) is 5.92 Å². The monoisotopic (exact) mass is 261 g/mol. The minimum Gasteiger partial charge on any atom is -0.344 e. The van der Waals surface area contributed by atoms with E-state index in [1.165, 1.54) is 0 Å². The van der Waals surface area contributed by atoms with Gasteiger partial charge in [-0.2, -0.15) is 0 Å². The van der Waals surface area contributed by atoms with E-state index in [9.17, 15) is 9.59 Å². The fraction of sp³-hybridized carbons (Fsp3) is 0.818. The van der Waals surface area contributed by atoms with Gasteiger partial charge in [0.15, 0.2) is 0 Å². The number of nitrogens with zero attached hydrogens (tertiary/aromatic N) is 1. The Morgan fingerprint density at radius 1 is 1.47 bits per heavy atom. The number of halogens is 1. The van der Waals surface area contributed by atoms with Crippen molar-refractivity contribution in [3.05, 3.63) is 0 Å². The molecule has 0 spiro atoms. The summed E-state index contributed by atoms with van der Waals surface area (Å²) in [5.41, 5.74) is 0. The summed E-state index contributed by atoms with van der Waals surface area (Å²) in [6.07, 6.45) is 2.70. The van der Waals surface area contributed by atoms with Crippen LogP contribution in [0.25, 0.3) is 0 Å². The summed E-state index contributed by atoms with van der Waals surface area (Å²) < 4.78 is 0. The zero-order chi connectivity index (χ0) is 11.5. The molecule has 0 aromatic carbocycles. The highest BCUT2D eigenvalue weighted by Gasteiger charge is 2.32. The molecule has 2 heterocycles. The van der Waals surface area contributed by atoms with Crippen LogP contribution in [0.15, 0.2) is 0 Å². The van der Waals surface area contributed by atoms with Gasteiger partial charge in [-0.15, -0.1) is 12.4 Å². The molecule has 2 aliphatic heterocycles. The largest absolute Gasteiger partial charge is 0.344 e. The van der Waals surface area contributed by atoms with Gasteiger partial charge in [-0.1, -0.05) is 0 Å². The van der Waals surface area contributed by atoms with Crippen molar-refractivity contribution in [2.45, 2.75) is 25.3 Å². The molecule has 2 N–H and O–H groups in total. The molecule has 0 aromatic heterocycles. The van der Waals surface area contributed by atoms with Gasteiger partial charge in [-0.3, -0.25) is 9.59 Å². The molecular formula is C11H20ClN3O2. The molecule has 2 unspecified atom stereocenters. The summed E-state index contributed by atoms with van der Waals surface area (Å²) in [5, 5.41) is 6.06. The first-order valence-electron chi connectivity index (χ1n) is 5.94. The van der Waals surface area contributed by atoms with Crippen molar-refractivity contribution in [1.82, 2.24) is 15.5 Å². The Hall–Kier alpha value is -0.810. The van der Waals surface area contributed by atoms with Gasteiger partial charge in [0, 0.05) is 20.1 Å². The SMILES string of the molecule is CN1CCC(NC(=O)C2CCCNC2)C1=O.Cl. The van der Waals surface area contributed by atoms with Gasteiger partial charge < -0.3 is 15.5 Å². The highest BCUT2D eigenvalue weighted by atomic mass is 35.5. The van der Waals surface area contributed by atoms with Crippen LogP contribution in [-0.4, -0.2) is 49.4 Å². The fourth-order valence-corrected chi connectivity index (χ4v) is 2.32. The fourth-order valence-electron chi connectivity index (χ4n) is 2.32. The Kier molecular flexibility index (Phi) is 5.21. The van der Waals surface area contributed by atoms with Crippen LogP contribution in [0.2, 0.25) is 0 Å². The zero-order valence-corrected chi connectivity index (χ0v) is 10.9. The first-order valence-corrected chi connectivity index (χ1v) is 5.94. The maximum Gasteiger partial charge on any atom is 0.244 e. The molecule has 17 heavy (non-hydrogen) atoms. The molecule has 0 aromatic rings. The Bertz CT molecular complexity index is 292. The lowest BCUT2D eigenvalue weighted by Gasteiger charge is -2.23. The van der Waals surface area contributed by atoms with Crippen LogP contribution in [-0.2, 0) is 9.59 Å². The highest BCUT2D eigenvalue weighted by molar-refractivity contribution is 5.89. The lowest BCUT2D eigenvalue weighted by atomic mass is 9.98. The summed E-state index contributed by atoms with van der Waals surface area (Å²) in [4.78, 5) is 25.2. The van der Waals surface area contributed by atoms with Crippen LogP contribution in [0.3, 0.4) is 0 Å². The molecule has 0 radical (unpaired) electrons. The lowest BCUT2D eigenvalue weighted by Crippen LogP contribution is -2.46. The van der Waals surface area contributed by atoms with Crippen molar-refractivity contribution in [2.75, 3.05) is 26.7 Å². The molecule has 5 nitrogen and oxygen atoms in total. The van der Waals surface area contributed by atoms with Crippen molar-refractivity contribution in [3.8, 4) is 0 Å². The molecule has 98 valence electrons. The van der Waals surface area contributed by atoms with E-state index >= 15 is 0 Å². The van der Waals surface area contributed by atoms with Crippen LogP contribution in [0.1, 0.15) is 19.3 Å². The van der Waals surface area contributed by atoms with E-state index in [-0.39, 0.29) is 36.2 Å². The normalized spacial score (nSPS) is 28.8. The molecule has 2 atom stereocenters. The summed E-state index contributed by atoms with van der Waals surface area (Å²) in [6, 6.07) is -0.292. The maximum atomic E-state index is 11.9. The number of hydrogen-bond donors (Lipinski definition) is 2. The standard InChI is InChI=1S/C11H19N3O2.ClH/c1-14-6-4-9(11(14)16)13-10(15)8-3-2-5-12-7-8;/h8-9,12H,2-7H2,1H3,(H,13,15);1H. The molecule has 6 heteroatoms. The van der Waals surface area contributed by atoms with Gasteiger partial charge in [-0.05, 0) is 25.8 Å². The Labute approximate surface area is 108 Å². The van der Waals surface area contributed by atoms with Crippen LogP contribution in [0.5, 0.6) is 0 Å². The number of carbonyl (C=O) groups excluding carboxylic acids is 2. The van der Waals surface area contributed by atoms with E-state index in [4.69, 9.17) is 0 Å². The van der Waals surface area contributed by atoms with E-state index in [1.54, 1.807) is 11.9 Å². The van der Waals surface area contributed by atoms with Gasteiger partial charge in [-0.25, -0.2) is 0 Å². The summed E-state index contributed by atoms with van der Waals surface area (Å²) >= 11 is 0. The molecule has 0 bridgehead atoms. The molecular weight excluding hydrogens is 242 g/mol. The molecule has 2 amide bonds. The molecule has 2 rings (SSSR count). The third kappa shape index (κ3) is 3.33. The van der Waals surface area contributed by atoms with Crippen molar-refractivity contribution >= 4 is 24.2 Å². The van der Waals surface area contributed by atoms with Gasteiger partial charge in [0.1, 0.15) is 6.04 Å². The number of likely N-dealkylation sites (tertiary alicyclic amines) is 1. The van der Waals surface area contributed by atoms with Gasteiger partial charge in [0.2, 0.25) is 11.8 Å². The van der Waals surface area contributed by atoms with Crippen molar-refractivity contribution < 1.29 is 9.59 Å². The molecule has 0 saturated carbocycles. The van der Waals surface area contributed by atoms with Crippen LogP contribution < -0.4 is 10.6 Å². The van der Waals surface area contributed by atoms with Gasteiger partial charge in [0.25, 0.3) is 0 Å². The number of likely N-dealkylation sites (N-methyl/N-ethyl adjacent to an activating group) is 1. The van der Waals surface area contributed by atoms with E-state index < -0.39 is 0 Å². The van der Waals surface area contributed by atoms with E-state index in [0.717, 1.165) is 38.9 Å². The molecule has 2 fully saturated rings. The first-order chi connectivity index (χ1) is 7.68. The van der Waals surface area contributed by atoms with E-state index in [2.05, 4.69) is 10.6 Å². The lowest BCUT2D eigenvalue weighted by molar-refractivity contribution is -0.133. The Morgan fingerprint density at radius 3 is 2.76 bits per heavy atom. The second-order valence-electron chi connectivity index (χ2n) is 4.65. The minimum absolute atomic E-state index is 0. The number of piperidine rings is 1. The quantitative estimate of drug-likeness (QED) is 0.721. The number of nitrogens with one attached hydrogen (secondary N) is 2. The summed E-state index contributed by atoms with van der Waals surface area (Å²) in [7, 11) is 1.77. The second-order valence-corrected chi connectivity index (χ2v) is 4.65. The van der Waals surface area contributed by atoms with Crippen molar-refractivity contribution in [1.29, 1.82) is 0 Å². The van der Waals surface area contributed by atoms with Crippen LogP contribution >= 0.6 is 12.4 Å². The highest BCUT2D eigenvalue weighted by Crippen LogP contribution is 2.13. The van der Waals surface area contributed by atoms with E-state index in [1.807, 2.05) is 0 Å². The molecule has 2 saturated heterocycles. The Morgan fingerprint density at radius 2 is 2.24 bits per heavy atom. The third-order valence-electron chi connectivity index (χ3n) is 3.41. The van der Waals surface area contributed by atoms with Crippen molar-refractivity contribution in [2.24, 2.45) is 5.92 Å². The maximum absolute atomic E-state index is 11.9. The number of hydrogen-bond acceptors (Lipinski definition) is 3. The van der Waals surface area contributed by atoms with Crippen LogP contribution in [0.4, 0.5) is 0 Å². The Balaban J connectivity index is 0.00000144. The first kappa shape index (κ1) is 14.3. The second kappa shape index (κ2) is 6.21. The minimum atomic E-state index is -0.292. The summed E-state index contributed by atoms with van der Waals surface area (Å²) in [6.45, 7) is 2.48. The zero-order valence-electron chi connectivity index (χ0n) is 10.1. The average molecular weight is 262 g/mol. The third-order valence-corrected chi connectivity index (χ3v) is 3.41. The molecule has 2 aliphatic rings. The number of carbonyl (C=O) groups is 2. The predicted molar refractivity (Wildman–Crippen MR) is 67.0 cm³/mol. The topological polar surface area (TPSA) is 61.4 Å².